The van der Waals surface area contributed by atoms with Crippen molar-refractivity contribution in [2.75, 3.05) is 43.5 Å². The first-order valence-corrected chi connectivity index (χ1v) is 11.3. The number of piperidine rings is 1. The molecule has 2 atom stereocenters. The zero-order valence-corrected chi connectivity index (χ0v) is 19.1. The Morgan fingerprint density at radius 3 is 2.94 bits per heavy atom. The molecule has 0 aliphatic carbocycles. The highest BCUT2D eigenvalue weighted by molar-refractivity contribution is 6.33. The largest absolute Gasteiger partial charge is 0.371 e. The second-order valence-corrected chi connectivity index (χ2v) is 9.16. The number of carbonyl (C=O) groups is 1. The van der Waals surface area contributed by atoms with E-state index in [0.29, 0.717) is 54.2 Å². The second kappa shape index (κ2) is 10.1. The van der Waals surface area contributed by atoms with Crippen LogP contribution in [0.3, 0.4) is 0 Å². The van der Waals surface area contributed by atoms with Crippen molar-refractivity contribution in [3.05, 3.63) is 29.7 Å². The molecule has 0 bridgehead atoms. The number of aromatic nitrogens is 3. The highest BCUT2D eigenvalue weighted by Crippen LogP contribution is 2.28. The summed E-state index contributed by atoms with van der Waals surface area (Å²) in [6.45, 7) is 7.26. The topological polar surface area (TPSA) is 110 Å². The maximum atomic E-state index is 12.5. The van der Waals surface area contributed by atoms with Crippen LogP contribution >= 0.6 is 11.6 Å². The van der Waals surface area contributed by atoms with Gasteiger partial charge in [-0.15, -0.1) is 0 Å². The summed E-state index contributed by atoms with van der Waals surface area (Å²) in [4.78, 5) is 25.7. The molecule has 2 aliphatic rings. The minimum absolute atomic E-state index is 0.0441. The molecule has 3 N–H and O–H groups in total. The first-order chi connectivity index (χ1) is 15.4. The fourth-order valence-corrected chi connectivity index (χ4v) is 3.85. The summed E-state index contributed by atoms with van der Waals surface area (Å²) in [5, 5.41) is 9.82. The number of hydrogen-bond acceptors (Lipinski definition) is 8. The second-order valence-electron chi connectivity index (χ2n) is 8.76. The highest BCUT2D eigenvalue weighted by Gasteiger charge is 2.28. The molecule has 0 unspecified atom stereocenters. The number of nitrogens with zero attached hydrogens (tertiary/aromatic N) is 3. The van der Waals surface area contributed by atoms with Gasteiger partial charge < -0.3 is 25.4 Å². The molecule has 2 aliphatic heterocycles. The zero-order chi connectivity index (χ0) is 22.6. The standard InChI is InChI=1S/C22H29ClN6O3/c1-22(2)13-31-15(12-32-22)8-26-20-11-25-10-18(28-20)16-6-19(27-9-17(16)23)29-21(30)14-4-3-5-24-7-14/h6,9-11,14-15,24H,3-5,7-8,12-13H2,1-2H3,(H,26,28)(H,27,29,30)/t14-,15-/m1/s1. The van der Waals surface area contributed by atoms with Gasteiger partial charge in [0.25, 0.3) is 0 Å². The molecule has 4 rings (SSSR count). The van der Waals surface area contributed by atoms with Crippen LogP contribution in [-0.4, -0.2) is 65.4 Å². The van der Waals surface area contributed by atoms with E-state index in [1.807, 2.05) is 13.8 Å². The van der Waals surface area contributed by atoms with Crippen LogP contribution in [0.25, 0.3) is 11.3 Å². The predicted molar refractivity (Wildman–Crippen MR) is 123 cm³/mol. The monoisotopic (exact) mass is 460 g/mol. The maximum Gasteiger partial charge on any atom is 0.229 e. The fraction of sp³-hybridized carbons (Fsp3) is 0.545. The molecule has 2 fully saturated rings. The number of pyridine rings is 1. The molecule has 0 aromatic carbocycles. The smallest absolute Gasteiger partial charge is 0.229 e. The fourth-order valence-electron chi connectivity index (χ4n) is 3.65. The molecule has 32 heavy (non-hydrogen) atoms. The number of halogens is 1. The summed E-state index contributed by atoms with van der Waals surface area (Å²) in [5.41, 5.74) is 0.975. The number of carbonyl (C=O) groups excluding carboxylic acids is 1. The number of ether oxygens (including phenoxy) is 2. The van der Waals surface area contributed by atoms with Crippen LogP contribution in [0.4, 0.5) is 11.6 Å². The Morgan fingerprint density at radius 2 is 2.19 bits per heavy atom. The van der Waals surface area contributed by atoms with Crippen LogP contribution in [0.2, 0.25) is 5.02 Å². The molecule has 9 nitrogen and oxygen atoms in total. The Labute approximate surface area is 192 Å². The Morgan fingerprint density at radius 1 is 1.31 bits per heavy atom. The number of anilines is 2. The van der Waals surface area contributed by atoms with Gasteiger partial charge in [0, 0.05) is 24.8 Å². The lowest BCUT2D eigenvalue weighted by Crippen LogP contribution is -2.44. The van der Waals surface area contributed by atoms with Crippen LogP contribution in [0, 0.1) is 5.92 Å². The quantitative estimate of drug-likeness (QED) is 0.603. The molecule has 2 saturated heterocycles. The molecular formula is C22H29ClN6O3. The zero-order valence-electron chi connectivity index (χ0n) is 18.4. The van der Waals surface area contributed by atoms with Crippen LogP contribution in [0.1, 0.15) is 26.7 Å². The van der Waals surface area contributed by atoms with Gasteiger partial charge in [-0.25, -0.2) is 9.97 Å². The van der Waals surface area contributed by atoms with Gasteiger partial charge in [0.2, 0.25) is 5.91 Å². The average Bonchev–Trinajstić information content (AvgIpc) is 2.80. The number of nitrogens with one attached hydrogen (secondary N) is 3. The van der Waals surface area contributed by atoms with Crippen molar-refractivity contribution >= 4 is 29.1 Å². The number of hydrogen-bond donors (Lipinski definition) is 3. The van der Waals surface area contributed by atoms with Crippen molar-refractivity contribution < 1.29 is 14.3 Å². The van der Waals surface area contributed by atoms with Crippen molar-refractivity contribution in [1.29, 1.82) is 0 Å². The average molecular weight is 461 g/mol. The summed E-state index contributed by atoms with van der Waals surface area (Å²) in [5.74, 6) is 0.934. The Hall–Kier alpha value is -2.33. The Balaban J connectivity index is 1.41. The Kier molecular flexibility index (Phi) is 7.20. The van der Waals surface area contributed by atoms with E-state index in [1.165, 1.54) is 6.20 Å². The molecule has 0 saturated carbocycles. The van der Waals surface area contributed by atoms with Crippen molar-refractivity contribution in [2.24, 2.45) is 5.92 Å². The number of amides is 1. The lowest BCUT2D eigenvalue weighted by molar-refractivity contribution is -0.170. The molecule has 2 aromatic rings. The van der Waals surface area contributed by atoms with Crippen molar-refractivity contribution in [1.82, 2.24) is 20.3 Å². The van der Waals surface area contributed by atoms with E-state index in [4.69, 9.17) is 21.1 Å². The van der Waals surface area contributed by atoms with E-state index in [9.17, 15) is 4.79 Å². The molecule has 2 aromatic heterocycles. The van der Waals surface area contributed by atoms with E-state index in [2.05, 4.69) is 30.9 Å². The number of rotatable bonds is 6. The van der Waals surface area contributed by atoms with E-state index >= 15 is 0 Å². The van der Waals surface area contributed by atoms with E-state index in [-0.39, 0.29) is 23.5 Å². The molecule has 172 valence electrons. The first kappa shape index (κ1) is 22.8. The van der Waals surface area contributed by atoms with Crippen molar-refractivity contribution in [3.63, 3.8) is 0 Å². The molecule has 10 heteroatoms. The van der Waals surface area contributed by atoms with Gasteiger partial charge in [-0.2, -0.15) is 0 Å². The van der Waals surface area contributed by atoms with Crippen LogP contribution < -0.4 is 16.0 Å². The minimum atomic E-state index is -0.255. The summed E-state index contributed by atoms with van der Waals surface area (Å²) in [7, 11) is 0. The molecular weight excluding hydrogens is 432 g/mol. The van der Waals surface area contributed by atoms with Crippen LogP contribution in [0.15, 0.2) is 24.7 Å². The lowest BCUT2D eigenvalue weighted by Gasteiger charge is -2.35. The third kappa shape index (κ3) is 5.92. The van der Waals surface area contributed by atoms with Crippen molar-refractivity contribution in [3.8, 4) is 11.3 Å². The molecule has 1 amide bonds. The van der Waals surface area contributed by atoms with Gasteiger partial charge in [-0.05, 0) is 39.3 Å². The maximum absolute atomic E-state index is 12.5. The lowest BCUT2D eigenvalue weighted by atomic mass is 9.99. The van der Waals surface area contributed by atoms with E-state index in [0.717, 1.165) is 19.4 Å². The van der Waals surface area contributed by atoms with Gasteiger partial charge >= 0.3 is 0 Å². The predicted octanol–water partition coefficient (Wildman–Crippen LogP) is 2.74. The highest BCUT2D eigenvalue weighted by atomic mass is 35.5. The summed E-state index contributed by atoms with van der Waals surface area (Å²) < 4.78 is 11.6. The third-order valence-electron chi connectivity index (χ3n) is 5.52. The normalized spacial score (nSPS) is 22.8. The van der Waals surface area contributed by atoms with Gasteiger partial charge in [0.05, 0.1) is 53.9 Å². The van der Waals surface area contributed by atoms with Gasteiger partial charge in [0.1, 0.15) is 11.6 Å². The summed E-state index contributed by atoms with van der Waals surface area (Å²) >= 11 is 6.38. The van der Waals surface area contributed by atoms with Gasteiger partial charge in [-0.1, -0.05) is 11.6 Å². The molecule has 4 heterocycles. The van der Waals surface area contributed by atoms with Gasteiger partial charge in [0.15, 0.2) is 0 Å². The third-order valence-corrected chi connectivity index (χ3v) is 5.82. The van der Waals surface area contributed by atoms with E-state index in [1.54, 1.807) is 18.5 Å². The SMILES string of the molecule is CC1(C)CO[C@H](CNc2cncc(-c3cc(NC(=O)[C@@H]4CCCNC4)ncc3Cl)n2)CO1. The van der Waals surface area contributed by atoms with Crippen LogP contribution in [-0.2, 0) is 14.3 Å². The summed E-state index contributed by atoms with van der Waals surface area (Å²) in [6, 6.07) is 1.73. The van der Waals surface area contributed by atoms with E-state index < -0.39 is 0 Å². The Bertz CT molecular complexity index is 941. The first-order valence-electron chi connectivity index (χ1n) is 10.9. The van der Waals surface area contributed by atoms with Crippen LogP contribution in [0.5, 0.6) is 0 Å². The van der Waals surface area contributed by atoms with Gasteiger partial charge in [-0.3, -0.25) is 9.78 Å². The summed E-state index contributed by atoms with van der Waals surface area (Å²) in [6.07, 6.45) is 6.59. The minimum Gasteiger partial charge on any atom is -0.371 e. The molecule has 0 spiro atoms. The van der Waals surface area contributed by atoms with Crippen molar-refractivity contribution in [2.45, 2.75) is 38.4 Å². The molecule has 0 radical (unpaired) electrons.